The van der Waals surface area contributed by atoms with Gasteiger partial charge in [0.15, 0.2) is 0 Å². The van der Waals surface area contributed by atoms with E-state index in [1.54, 1.807) is 12.1 Å². The highest BCUT2D eigenvalue weighted by Crippen LogP contribution is 2.45. The largest absolute Gasteiger partial charge is 0.494 e. The summed E-state index contributed by atoms with van der Waals surface area (Å²) in [6.45, 7) is 3.09. The number of carbonyl (C=O) groups excluding carboxylic acids is 1. The van der Waals surface area contributed by atoms with Crippen LogP contribution in [0.1, 0.15) is 41.7 Å². The SMILES string of the molecule is COc1cnc(Cl)cc1-c1cc(C)ncc1C(=O)Nc1nnc(OCC2COC3(CCC3)C2)s1. The first-order valence-electron chi connectivity index (χ1n) is 11.0. The van der Waals surface area contributed by atoms with Gasteiger partial charge in [0.2, 0.25) is 5.13 Å². The number of halogens is 1. The molecule has 178 valence electrons. The molecular formula is C23H24ClN5O4S. The fraction of sp³-hybridized carbons (Fsp3) is 0.435. The van der Waals surface area contributed by atoms with Gasteiger partial charge in [-0.25, -0.2) is 4.98 Å². The van der Waals surface area contributed by atoms with E-state index in [9.17, 15) is 4.79 Å². The van der Waals surface area contributed by atoms with E-state index in [1.807, 2.05) is 6.92 Å². The van der Waals surface area contributed by atoms with Gasteiger partial charge in [-0.1, -0.05) is 16.7 Å². The summed E-state index contributed by atoms with van der Waals surface area (Å²) in [5, 5.41) is 11.9. The molecule has 2 aliphatic rings. The van der Waals surface area contributed by atoms with Crippen LogP contribution in [0.15, 0.2) is 24.5 Å². The van der Waals surface area contributed by atoms with Gasteiger partial charge in [-0.05, 0) is 56.1 Å². The molecule has 1 spiro atoms. The van der Waals surface area contributed by atoms with Gasteiger partial charge in [0.25, 0.3) is 11.1 Å². The molecule has 34 heavy (non-hydrogen) atoms. The van der Waals surface area contributed by atoms with Crippen molar-refractivity contribution in [2.45, 2.75) is 38.2 Å². The zero-order chi connectivity index (χ0) is 23.7. The number of hydrogen-bond acceptors (Lipinski definition) is 9. The molecule has 3 aromatic rings. The maximum Gasteiger partial charge on any atom is 0.295 e. The first kappa shape index (κ1) is 22.9. The number of aryl methyl sites for hydroxylation is 1. The molecule has 2 fully saturated rings. The minimum atomic E-state index is -0.378. The molecule has 1 saturated carbocycles. The van der Waals surface area contributed by atoms with Crippen LogP contribution in [-0.2, 0) is 4.74 Å². The number of carbonyl (C=O) groups is 1. The first-order chi connectivity index (χ1) is 16.4. The third-order valence-electron chi connectivity index (χ3n) is 6.25. The van der Waals surface area contributed by atoms with Crippen molar-refractivity contribution in [1.82, 2.24) is 20.2 Å². The Bertz CT molecular complexity index is 1220. The lowest BCUT2D eigenvalue weighted by Gasteiger charge is -2.37. The van der Waals surface area contributed by atoms with Crippen molar-refractivity contribution in [2.75, 3.05) is 25.6 Å². The molecule has 3 aromatic heterocycles. The highest BCUT2D eigenvalue weighted by atomic mass is 35.5. The minimum absolute atomic E-state index is 0.0931. The van der Waals surface area contributed by atoms with Crippen LogP contribution in [0, 0.1) is 12.8 Å². The van der Waals surface area contributed by atoms with Gasteiger partial charge >= 0.3 is 0 Å². The molecule has 0 radical (unpaired) electrons. The predicted octanol–water partition coefficient (Wildman–Crippen LogP) is 4.56. The van der Waals surface area contributed by atoms with Crippen LogP contribution < -0.4 is 14.8 Å². The van der Waals surface area contributed by atoms with Crippen LogP contribution in [0.4, 0.5) is 5.13 Å². The van der Waals surface area contributed by atoms with Gasteiger partial charge in [-0.15, -0.1) is 5.10 Å². The van der Waals surface area contributed by atoms with Crippen LogP contribution in [0.5, 0.6) is 10.9 Å². The molecule has 1 unspecified atom stereocenters. The van der Waals surface area contributed by atoms with E-state index in [-0.39, 0.29) is 11.5 Å². The highest BCUT2D eigenvalue weighted by molar-refractivity contribution is 7.17. The summed E-state index contributed by atoms with van der Waals surface area (Å²) < 4.78 is 17.2. The average molecular weight is 502 g/mol. The Morgan fingerprint density at radius 1 is 1.26 bits per heavy atom. The summed E-state index contributed by atoms with van der Waals surface area (Å²) in [4.78, 5) is 21.5. The van der Waals surface area contributed by atoms with E-state index in [1.165, 1.54) is 37.3 Å². The van der Waals surface area contributed by atoms with Crippen molar-refractivity contribution in [2.24, 2.45) is 5.92 Å². The Hall–Kier alpha value is -2.82. The molecule has 1 aliphatic heterocycles. The lowest BCUT2D eigenvalue weighted by molar-refractivity contribution is -0.0565. The van der Waals surface area contributed by atoms with Crippen molar-refractivity contribution in [3.8, 4) is 22.1 Å². The van der Waals surface area contributed by atoms with Crippen LogP contribution in [0.2, 0.25) is 5.15 Å². The van der Waals surface area contributed by atoms with Crippen molar-refractivity contribution in [1.29, 1.82) is 0 Å². The fourth-order valence-electron chi connectivity index (χ4n) is 4.39. The molecule has 1 saturated heterocycles. The lowest BCUT2D eigenvalue weighted by atomic mass is 9.76. The summed E-state index contributed by atoms with van der Waals surface area (Å²) in [6, 6.07) is 3.46. The number of aromatic nitrogens is 4. The Morgan fingerprint density at radius 3 is 2.85 bits per heavy atom. The Balaban J connectivity index is 1.28. The maximum atomic E-state index is 13.1. The molecule has 11 heteroatoms. The van der Waals surface area contributed by atoms with Crippen molar-refractivity contribution >= 4 is 34.0 Å². The summed E-state index contributed by atoms with van der Waals surface area (Å²) in [7, 11) is 1.54. The van der Waals surface area contributed by atoms with E-state index < -0.39 is 0 Å². The van der Waals surface area contributed by atoms with Crippen molar-refractivity contribution in [3.05, 3.63) is 40.9 Å². The van der Waals surface area contributed by atoms with Crippen LogP contribution in [-0.4, -0.2) is 52.0 Å². The van der Waals surface area contributed by atoms with Crippen LogP contribution in [0.3, 0.4) is 0 Å². The summed E-state index contributed by atoms with van der Waals surface area (Å²) >= 11 is 7.29. The quantitative estimate of drug-likeness (QED) is 0.469. The molecule has 1 N–H and O–H groups in total. The molecule has 1 atom stereocenters. The van der Waals surface area contributed by atoms with E-state index in [0.29, 0.717) is 57.0 Å². The maximum absolute atomic E-state index is 13.1. The van der Waals surface area contributed by atoms with Crippen LogP contribution in [0.25, 0.3) is 11.1 Å². The predicted molar refractivity (Wildman–Crippen MR) is 128 cm³/mol. The summed E-state index contributed by atoms with van der Waals surface area (Å²) in [5.74, 6) is 0.470. The Labute approximate surface area is 205 Å². The molecular weight excluding hydrogens is 478 g/mol. The standard InChI is InChI=1S/C23H24ClN5O4S/c1-13-6-15(16-7-19(24)26-10-18(16)31-2)17(9-25-13)20(30)27-21-28-29-22(34-21)32-11-14-8-23(33-12-14)4-3-5-23/h6-7,9-10,14H,3-5,8,11-12H2,1-2H3,(H,27,28,30). The smallest absolute Gasteiger partial charge is 0.295 e. The number of rotatable bonds is 7. The number of ether oxygens (including phenoxy) is 3. The summed E-state index contributed by atoms with van der Waals surface area (Å²) in [5.41, 5.74) is 2.45. The van der Waals surface area contributed by atoms with Gasteiger partial charge < -0.3 is 14.2 Å². The first-order valence-corrected chi connectivity index (χ1v) is 12.2. The normalized spacial score (nSPS) is 18.5. The van der Waals surface area contributed by atoms with Crippen molar-refractivity contribution < 1.29 is 19.0 Å². The average Bonchev–Trinajstić information content (AvgIpc) is 3.44. The second kappa shape index (κ2) is 9.44. The zero-order valence-corrected chi connectivity index (χ0v) is 20.4. The Morgan fingerprint density at radius 2 is 2.12 bits per heavy atom. The summed E-state index contributed by atoms with van der Waals surface area (Å²) in [6.07, 6.45) is 7.60. The topological polar surface area (TPSA) is 108 Å². The molecule has 1 amide bonds. The number of nitrogens with zero attached hydrogens (tertiary/aromatic N) is 4. The molecule has 4 heterocycles. The van der Waals surface area contributed by atoms with E-state index in [2.05, 4.69) is 25.5 Å². The minimum Gasteiger partial charge on any atom is -0.494 e. The number of nitrogens with one attached hydrogen (secondary N) is 1. The number of amides is 1. The lowest BCUT2D eigenvalue weighted by Crippen LogP contribution is -2.36. The molecule has 1 aliphatic carbocycles. The van der Waals surface area contributed by atoms with Gasteiger partial charge in [0, 0.05) is 28.9 Å². The van der Waals surface area contributed by atoms with E-state index in [0.717, 1.165) is 25.0 Å². The van der Waals surface area contributed by atoms with Crippen molar-refractivity contribution in [3.63, 3.8) is 0 Å². The van der Waals surface area contributed by atoms with Gasteiger partial charge in [0.05, 0.1) is 37.7 Å². The fourth-order valence-corrected chi connectivity index (χ4v) is 5.15. The Kier molecular flexibility index (Phi) is 6.37. The number of anilines is 1. The number of hydrogen-bond donors (Lipinski definition) is 1. The van der Waals surface area contributed by atoms with Gasteiger partial charge in [0.1, 0.15) is 10.9 Å². The number of pyridine rings is 2. The van der Waals surface area contributed by atoms with E-state index >= 15 is 0 Å². The van der Waals surface area contributed by atoms with Gasteiger partial charge in [-0.3, -0.25) is 15.1 Å². The third-order valence-corrected chi connectivity index (χ3v) is 7.21. The molecule has 0 aromatic carbocycles. The van der Waals surface area contributed by atoms with E-state index in [4.69, 9.17) is 25.8 Å². The second-order valence-electron chi connectivity index (χ2n) is 8.63. The highest BCUT2D eigenvalue weighted by Gasteiger charge is 2.45. The molecule has 0 bridgehead atoms. The molecule has 5 rings (SSSR count). The zero-order valence-electron chi connectivity index (χ0n) is 18.8. The molecule has 9 nitrogen and oxygen atoms in total. The van der Waals surface area contributed by atoms with Crippen LogP contribution >= 0.6 is 22.9 Å². The van der Waals surface area contributed by atoms with Gasteiger partial charge in [-0.2, -0.15) is 0 Å². The second-order valence-corrected chi connectivity index (χ2v) is 9.96. The number of methoxy groups -OCH3 is 1. The third kappa shape index (κ3) is 4.70. The monoisotopic (exact) mass is 501 g/mol.